The van der Waals surface area contributed by atoms with Crippen LogP contribution in [0.25, 0.3) is 22.5 Å². The first kappa shape index (κ1) is 37.3. The molecule has 0 aliphatic carbocycles. The number of nitrogens with zero attached hydrogens (tertiary/aromatic N) is 4. The van der Waals surface area contributed by atoms with Gasteiger partial charge in [0.15, 0.2) is 23.0 Å². The summed E-state index contributed by atoms with van der Waals surface area (Å²) in [5, 5.41) is 0. The molecule has 6 rings (SSSR count). The summed E-state index contributed by atoms with van der Waals surface area (Å²) < 4.78 is 35.0. The topological polar surface area (TPSA) is 87.6 Å². The summed E-state index contributed by atoms with van der Waals surface area (Å²) in [5.41, 5.74) is 7.44. The van der Waals surface area contributed by atoms with E-state index in [0.717, 1.165) is 58.1 Å². The van der Waals surface area contributed by atoms with Crippen molar-refractivity contribution in [3.05, 3.63) is 133 Å². The minimum Gasteiger partial charge on any atom is -0.493 e. The molecular formula is C44H46N4O6. The van der Waals surface area contributed by atoms with Gasteiger partial charge in [-0.3, -0.25) is 9.97 Å². The lowest BCUT2D eigenvalue weighted by Crippen LogP contribution is -2.30. The maximum Gasteiger partial charge on any atom is 0.203 e. The van der Waals surface area contributed by atoms with Gasteiger partial charge in [0.2, 0.25) is 11.5 Å². The minimum atomic E-state index is 0.398. The molecule has 2 aromatic heterocycles. The standard InChI is InChI=1S/C44H46N4O6/c1-47(35-17-19-37(45-27-35)33-23-39(49-3)43(40(24-33)50-4)53-29-31-13-9-7-10-14-31)21-22-48(2)36-18-20-38(46-28-36)34-25-41(51-5)44(42(26-34)52-6)54-30-32-15-11-8-12-16-32/h7-20,23-28H,21-22,29-30H2,1-6H3. The number of rotatable bonds is 17. The van der Waals surface area contributed by atoms with Crippen LogP contribution in [0.1, 0.15) is 11.1 Å². The van der Waals surface area contributed by atoms with E-state index in [9.17, 15) is 0 Å². The van der Waals surface area contributed by atoms with Crippen molar-refractivity contribution in [3.8, 4) is 57.0 Å². The van der Waals surface area contributed by atoms with Gasteiger partial charge in [-0.2, -0.15) is 0 Å². The smallest absolute Gasteiger partial charge is 0.203 e. The van der Waals surface area contributed by atoms with E-state index >= 15 is 0 Å². The second kappa shape index (κ2) is 17.9. The van der Waals surface area contributed by atoms with Gasteiger partial charge in [-0.15, -0.1) is 0 Å². The Kier molecular flexibility index (Phi) is 12.4. The summed E-state index contributed by atoms with van der Waals surface area (Å²) in [6.45, 7) is 2.34. The molecule has 278 valence electrons. The number of hydrogen-bond donors (Lipinski definition) is 0. The van der Waals surface area contributed by atoms with Gasteiger partial charge >= 0.3 is 0 Å². The third-order valence-electron chi connectivity index (χ3n) is 9.11. The minimum absolute atomic E-state index is 0.398. The highest BCUT2D eigenvalue weighted by molar-refractivity contribution is 5.71. The third kappa shape index (κ3) is 8.95. The van der Waals surface area contributed by atoms with Crippen LogP contribution in [0.2, 0.25) is 0 Å². The largest absolute Gasteiger partial charge is 0.493 e. The maximum atomic E-state index is 6.12. The Morgan fingerprint density at radius 2 is 0.815 bits per heavy atom. The lowest BCUT2D eigenvalue weighted by Gasteiger charge is -2.25. The average molecular weight is 727 g/mol. The number of likely N-dealkylation sites (N-methyl/N-ethyl adjacent to an activating group) is 2. The van der Waals surface area contributed by atoms with Crippen LogP contribution in [0.4, 0.5) is 11.4 Å². The average Bonchev–Trinajstić information content (AvgIpc) is 3.24. The molecule has 0 saturated carbocycles. The highest BCUT2D eigenvalue weighted by Gasteiger charge is 2.18. The Balaban J connectivity index is 1.07. The molecule has 6 aromatic rings. The number of methoxy groups -OCH3 is 4. The highest BCUT2D eigenvalue weighted by atomic mass is 16.5. The lowest BCUT2D eigenvalue weighted by molar-refractivity contribution is 0.266. The second-order valence-electron chi connectivity index (χ2n) is 12.6. The van der Waals surface area contributed by atoms with Crippen LogP contribution in [0.15, 0.2) is 122 Å². The molecule has 54 heavy (non-hydrogen) atoms. The van der Waals surface area contributed by atoms with Crippen LogP contribution in [0.3, 0.4) is 0 Å². The first-order valence-corrected chi connectivity index (χ1v) is 17.6. The first-order chi connectivity index (χ1) is 26.4. The zero-order valence-corrected chi connectivity index (χ0v) is 31.6. The molecule has 0 fully saturated rings. The normalized spacial score (nSPS) is 10.7. The molecule has 2 heterocycles. The summed E-state index contributed by atoms with van der Waals surface area (Å²) in [6.07, 6.45) is 3.76. The van der Waals surface area contributed by atoms with Crippen molar-refractivity contribution in [2.45, 2.75) is 13.2 Å². The number of hydrogen-bond acceptors (Lipinski definition) is 10. The van der Waals surface area contributed by atoms with Crippen molar-refractivity contribution in [2.24, 2.45) is 0 Å². The van der Waals surface area contributed by atoms with Gasteiger partial charge in [0.25, 0.3) is 0 Å². The first-order valence-electron chi connectivity index (χ1n) is 17.6. The molecule has 4 aromatic carbocycles. The number of pyridine rings is 2. The van der Waals surface area contributed by atoms with Crippen molar-refractivity contribution >= 4 is 11.4 Å². The van der Waals surface area contributed by atoms with Gasteiger partial charge in [0.1, 0.15) is 13.2 Å². The molecule has 0 radical (unpaired) electrons. The van der Waals surface area contributed by atoms with E-state index in [1.54, 1.807) is 28.4 Å². The van der Waals surface area contributed by atoms with Gasteiger partial charge in [-0.25, -0.2) is 0 Å². The van der Waals surface area contributed by atoms with E-state index in [1.807, 2.05) is 109 Å². The molecule has 0 unspecified atom stereocenters. The van der Waals surface area contributed by atoms with Crippen LogP contribution in [0, 0.1) is 0 Å². The molecule has 10 heteroatoms. The second-order valence-corrected chi connectivity index (χ2v) is 12.6. The maximum absolute atomic E-state index is 6.12. The van der Waals surface area contributed by atoms with E-state index in [0.29, 0.717) is 47.7 Å². The molecule has 0 amide bonds. The van der Waals surface area contributed by atoms with Crippen molar-refractivity contribution in [1.29, 1.82) is 0 Å². The molecule has 0 aliphatic heterocycles. The molecule has 0 spiro atoms. The molecular weight excluding hydrogens is 681 g/mol. The quantitative estimate of drug-likeness (QED) is 0.0911. The summed E-state index contributed by atoms with van der Waals surface area (Å²) in [4.78, 5) is 13.9. The summed E-state index contributed by atoms with van der Waals surface area (Å²) in [7, 11) is 10.6. The van der Waals surface area contributed by atoms with E-state index in [2.05, 4.69) is 36.0 Å². The zero-order chi connectivity index (χ0) is 37.9. The summed E-state index contributed by atoms with van der Waals surface area (Å²) in [6, 6.07) is 35.8. The Morgan fingerprint density at radius 3 is 1.11 bits per heavy atom. The third-order valence-corrected chi connectivity index (χ3v) is 9.11. The van der Waals surface area contributed by atoms with Crippen molar-refractivity contribution in [3.63, 3.8) is 0 Å². The molecule has 10 nitrogen and oxygen atoms in total. The fraction of sp³-hybridized carbons (Fsp3) is 0.227. The van der Waals surface area contributed by atoms with Gasteiger partial charge in [0, 0.05) is 38.3 Å². The fourth-order valence-corrected chi connectivity index (χ4v) is 5.92. The Hall–Kier alpha value is -6.42. The Morgan fingerprint density at radius 1 is 0.463 bits per heavy atom. The number of benzene rings is 4. The molecule has 0 N–H and O–H groups in total. The van der Waals surface area contributed by atoms with E-state index in [1.165, 1.54) is 0 Å². The highest BCUT2D eigenvalue weighted by Crippen LogP contribution is 2.43. The van der Waals surface area contributed by atoms with Gasteiger partial charge in [-0.05, 0) is 59.7 Å². The predicted molar refractivity (Wildman–Crippen MR) is 214 cm³/mol. The van der Waals surface area contributed by atoms with Crippen LogP contribution in [-0.2, 0) is 13.2 Å². The zero-order valence-electron chi connectivity index (χ0n) is 31.6. The van der Waals surface area contributed by atoms with E-state index < -0.39 is 0 Å². The van der Waals surface area contributed by atoms with Crippen LogP contribution >= 0.6 is 0 Å². The SMILES string of the molecule is COc1cc(-c2ccc(N(C)CCN(C)c3ccc(-c4cc(OC)c(OCc5ccccc5)c(OC)c4)nc3)cn2)cc(OC)c1OCc1ccccc1. The van der Waals surface area contributed by atoms with Gasteiger partial charge in [0.05, 0.1) is 63.6 Å². The Labute approximate surface area is 317 Å². The predicted octanol–water partition coefficient (Wildman–Crippen LogP) is 8.58. The molecule has 0 aliphatic rings. The van der Waals surface area contributed by atoms with Gasteiger partial charge < -0.3 is 38.2 Å². The number of anilines is 2. The van der Waals surface area contributed by atoms with Crippen LogP contribution in [0.5, 0.6) is 34.5 Å². The summed E-state index contributed by atoms with van der Waals surface area (Å²) >= 11 is 0. The number of aromatic nitrogens is 2. The molecule has 0 saturated heterocycles. The van der Waals surface area contributed by atoms with Crippen LogP contribution < -0.4 is 38.2 Å². The van der Waals surface area contributed by atoms with Crippen molar-refractivity contribution in [2.75, 3.05) is 65.4 Å². The van der Waals surface area contributed by atoms with Crippen molar-refractivity contribution < 1.29 is 28.4 Å². The lowest BCUT2D eigenvalue weighted by atomic mass is 10.1. The van der Waals surface area contributed by atoms with E-state index in [-0.39, 0.29) is 0 Å². The molecule has 0 bridgehead atoms. The number of ether oxygens (including phenoxy) is 6. The monoisotopic (exact) mass is 726 g/mol. The fourth-order valence-electron chi connectivity index (χ4n) is 5.92. The van der Waals surface area contributed by atoms with Crippen LogP contribution in [-0.4, -0.2) is 65.6 Å². The Bertz CT molecular complexity index is 1890. The summed E-state index contributed by atoms with van der Waals surface area (Å²) in [5.74, 6) is 3.42. The van der Waals surface area contributed by atoms with E-state index in [4.69, 9.17) is 38.4 Å². The van der Waals surface area contributed by atoms with Crippen molar-refractivity contribution in [1.82, 2.24) is 9.97 Å². The van der Waals surface area contributed by atoms with Gasteiger partial charge in [-0.1, -0.05) is 60.7 Å². The molecule has 0 atom stereocenters.